The highest BCUT2D eigenvalue weighted by atomic mass is 79.9. The summed E-state index contributed by atoms with van der Waals surface area (Å²) in [6.45, 7) is 0.940. The van der Waals surface area contributed by atoms with Gasteiger partial charge < -0.3 is 15.2 Å². The average molecular weight is 338 g/mol. The van der Waals surface area contributed by atoms with Crippen LogP contribution < -0.4 is 10.6 Å². The second-order valence-corrected chi connectivity index (χ2v) is 5.17. The summed E-state index contributed by atoms with van der Waals surface area (Å²) >= 11 is 3.39. The molecule has 0 radical (unpaired) electrons. The van der Waals surface area contributed by atoms with Crippen LogP contribution in [0.2, 0.25) is 0 Å². The highest BCUT2D eigenvalue weighted by Crippen LogP contribution is 2.20. The lowest BCUT2D eigenvalue weighted by Crippen LogP contribution is -2.30. The van der Waals surface area contributed by atoms with Gasteiger partial charge in [-0.05, 0) is 28.1 Å². The van der Waals surface area contributed by atoms with Crippen molar-refractivity contribution in [2.75, 3.05) is 18.4 Å². The molecule has 1 aromatic heterocycles. The van der Waals surface area contributed by atoms with Crippen LogP contribution in [0.15, 0.2) is 35.1 Å². The third kappa shape index (κ3) is 4.14. The molecular formula is C13H16BrN5O. The van der Waals surface area contributed by atoms with Crippen molar-refractivity contribution in [2.24, 2.45) is 7.05 Å². The minimum Gasteiger partial charge on any atom is -0.324 e. The lowest BCUT2D eigenvalue weighted by molar-refractivity contribution is -0.115. The molecule has 0 spiro atoms. The number of para-hydroxylation sites is 1. The summed E-state index contributed by atoms with van der Waals surface area (Å²) in [5.74, 6) is 0.818. The van der Waals surface area contributed by atoms with E-state index in [1.54, 1.807) is 6.33 Å². The minimum absolute atomic E-state index is 0.0742. The Morgan fingerprint density at radius 1 is 1.40 bits per heavy atom. The lowest BCUT2D eigenvalue weighted by Gasteiger charge is -2.08. The number of halogens is 1. The standard InChI is InChI=1S/C13H16BrN5O/c1-19-9-16-18-12(19)6-7-15-8-13(20)17-11-5-3-2-4-10(11)14/h2-5,9,15H,6-8H2,1H3,(H,17,20). The van der Waals surface area contributed by atoms with Crippen molar-refractivity contribution in [1.29, 1.82) is 0 Å². The maximum Gasteiger partial charge on any atom is 0.238 e. The van der Waals surface area contributed by atoms with Gasteiger partial charge >= 0.3 is 0 Å². The number of anilines is 1. The molecule has 0 fully saturated rings. The molecule has 7 heteroatoms. The molecule has 0 unspecified atom stereocenters. The number of nitrogens with one attached hydrogen (secondary N) is 2. The van der Waals surface area contributed by atoms with E-state index in [-0.39, 0.29) is 12.5 Å². The van der Waals surface area contributed by atoms with E-state index in [0.717, 1.165) is 22.4 Å². The van der Waals surface area contributed by atoms with Gasteiger partial charge in [0.15, 0.2) is 0 Å². The van der Waals surface area contributed by atoms with E-state index in [0.29, 0.717) is 6.54 Å². The van der Waals surface area contributed by atoms with Crippen LogP contribution >= 0.6 is 15.9 Å². The summed E-state index contributed by atoms with van der Waals surface area (Å²) in [4.78, 5) is 11.8. The maximum atomic E-state index is 11.8. The molecule has 0 bridgehead atoms. The van der Waals surface area contributed by atoms with E-state index < -0.39 is 0 Å². The molecule has 1 amide bonds. The molecule has 6 nitrogen and oxygen atoms in total. The first-order valence-electron chi connectivity index (χ1n) is 6.25. The number of aromatic nitrogens is 3. The number of hydrogen-bond acceptors (Lipinski definition) is 4. The Morgan fingerprint density at radius 3 is 2.90 bits per heavy atom. The number of carbonyl (C=O) groups excluding carboxylic acids is 1. The number of amides is 1. The number of benzene rings is 1. The normalized spacial score (nSPS) is 10.5. The van der Waals surface area contributed by atoms with Crippen LogP contribution in [0.4, 0.5) is 5.69 Å². The molecule has 0 saturated heterocycles. The van der Waals surface area contributed by atoms with Crippen LogP contribution in [0.25, 0.3) is 0 Å². The van der Waals surface area contributed by atoms with Gasteiger partial charge in [0.05, 0.1) is 12.2 Å². The number of aryl methyl sites for hydroxylation is 1. The second-order valence-electron chi connectivity index (χ2n) is 4.31. The van der Waals surface area contributed by atoms with Crippen LogP contribution in [-0.4, -0.2) is 33.8 Å². The van der Waals surface area contributed by atoms with Crippen LogP contribution in [0.5, 0.6) is 0 Å². The molecule has 2 N–H and O–H groups in total. The van der Waals surface area contributed by atoms with Crippen molar-refractivity contribution < 1.29 is 4.79 Å². The first-order chi connectivity index (χ1) is 9.66. The monoisotopic (exact) mass is 337 g/mol. The highest BCUT2D eigenvalue weighted by molar-refractivity contribution is 9.10. The summed E-state index contributed by atoms with van der Waals surface area (Å²) in [5.41, 5.74) is 0.771. The first kappa shape index (κ1) is 14.7. The Labute approximate surface area is 125 Å². The molecule has 1 aromatic carbocycles. The Kier molecular flexibility index (Phi) is 5.25. The Hall–Kier alpha value is -1.73. The minimum atomic E-state index is -0.0742. The molecular weight excluding hydrogens is 322 g/mol. The van der Waals surface area contributed by atoms with Crippen molar-refractivity contribution >= 4 is 27.5 Å². The van der Waals surface area contributed by atoms with Crippen molar-refractivity contribution in [2.45, 2.75) is 6.42 Å². The molecule has 0 aliphatic carbocycles. The predicted octanol–water partition coefficient (Wildman–Crippen LogP) is 1.35. The molecule has 0 saturated carbocycles. The maximum absolute atomic E-state index is 11.8. The van der Waals surface area contributed by atoms with Gasteiger partial charge in [-0.3, -0.25) is 4.79 Å². The quantitative estimate of drug-likeness (QED) is 0.780. The van der Waals surface area contributed by atoms with E-state index >= 15 is 0 Å². The Balaban J connectivity index is 1.71. The molecule has 0 aliphatic rings. The fraction of sp³-hybridized carbons (Fsp3) is 0.308. The topological polar surface area (TPSA) is 71.8 Å². The van der Waals surface area contributed by atoms with Crippen molar-refractivity contribution in [3.8, 4) is 0 Å². The zero-order valence-electron chi connectivity index (χ0n) is 11.1. The number of rotatable bonds is 6. The second kappa shape index (κ2) is 7.16. The molecule has 0 aliphatic heterocycles. The van der Waals surface area contributed by atoms with Crippen LogP contribution in [0, 0.1) is 0 Å². The van der Waals surface area contributed by atoms with Gasteiger partial charge in [0.25, 0.3) is 0 Å². The third-order valence-electron chi connectivity index (χ3n) is 2.76. The summed E-state index contributed by atoms with van der Waals surface area (Å²) < 4.78 is 2.73. The van der Waals surface area contributed by atoms with Gasteiger partial charge in [-0.25, -0.2) is 0 Å². The molecule has 2 rings (SSSR count). The van der Waals surface area contributed by atoms with Crippen molar-refractivity contribution in [3.63, 3.8) is 0 Å². The molecule has 20 heavy (non-hydrogen) atoms. The van der Waals surface area contributed by atoms with E-state index in [2.05, 4.69) is 36.8 Å². The van der Waals surface area contributed by atoms with Gasteiger partial charge in [-0.2, -0.15) is 0 Å². The fourth-order valence-electron chi connectivity index (χ4n) is 1.69. The van der Waals surface area contributed by atoms with Gasteiger partial charge in [-0.15, -0.1) is 10.2 Å². The summed E-state index contributed by atoms with van der Waals surface area (Å²) in [5, 5.41) is 13.7. The zero-order valence-corrected chi connectivity index (χ0v) is 12.7. The first-order valence-corrected chi connectivity index (χ1v) is 7.04. The number of hydrogen-bond donors (Lipinski definition) is 2. The van der Waals surface area contributed by atoms with Crippen LogP contribution in [0.3, 0.4) is 0 Å². The fourth-order valence-corrected chi connectivity index (χ4v) is 2.08. The van der Waals surface area contributed by atoms with E-state index in [1.165, 1.54) is 0 Å². The number of nitrogens with zero attached hydrogens (tertiary/aromatic N) is 3. The highest BCUT2D eigenvalue weighted by Gasteiger charge is 2.05. The van der Waals surface area contributed by atoms with Crippen molar-refractivity contribution in [1.82, 2.24) is 20.1 Å². The molecule has 0 atom stereocenters. The third-order valence-corrected chi connectivity index (χ3v) is 3.46. The summed E-state index contributed by atoms with van der Waals surface area (Å²) in [6.07, 6.45) is 2.40. The molecule has 106 valence electrons. The van der Waals surface area contributed by atoms with Gasteiger partial charge in [0, 0.05) is 24.5 Å². The van der Waals surface area contributed by atoms with E-state index in [4.69, 9.17) is 0 Å². The summed E-state index contributed by atoms with van der Waals surface area (Å²) in [6, 6.07) is 7.51. The predicted molar refractivity (Wildman–Crippen MR) is 80.3 cm³/mol. The Bertz CT molecular complexity index is 584. The molecule has 2 aromatic rings. The largest absolute Gasteiger partial charge is 0.324 e. The summed E-state index contributed by atoms with van der Waals surface area (Å²) in [7, 11) is 1.90. The van der Waals surface area contributed by atoms with Gasteiger partial charge in [0.2, 0.25) is 5.91 Å². The van der Waals surface area contributed by atoms with Gasteiger partial charge in [-0.1, -0.05) is 12.1 Å². The van der Waals surface area contributed by atoms with E-state index in [1.807, 2.05) is 35.9 Å². The van der Waals surface area contributed by atoms with Crippen LogP contribution in [-0.2, 0) is 18.3 Å². The van der Waals surface area contributed by atoms with Gasteiger partial charge in [0.1, 0.15) is 12.2 Å². The SMILES string of the molecule is Cn1cnnc1CCNCC(=O)Nc1ccccc1Br. The van der Waals surface area contributed by atoms with E-state index in [9.17, 15) is 4.79 Å². The zero-order chi connectivity index (χ0) is 14.4. The smallest absolute Gasteiger partial charge is 0.238 e. The molecule has 1 heterocycles. The number of carbonyl (C=O) groups is 1. The average Bonchev–Trinajstić information content (AvgIpc) is 2.83. The van der Waals surface area contributed by atoms with Crippen LogP contribution in [0.1, 0.15) is 5.82 Å². The van der Waals surface area contributed by atoms with Crippen molar-refractivity contribution in [3.05, 3.63) is 40.9 Å². The Morgan fingerprint density at radius 2 is 2.20 bits per heavy atom. The lowest BCUT2D eigenvalue weighted by atomic mass is 10.3.